The van der Waals surface area contributed by atoms with Crippen LogP contribution in [-0.2, 0) is 0 Å². The van der Waals surface area contributed by atoms with Crippen LogP contribution in [0.15, 0.2) is 0 Å². The van der Waals surface area contributed by atoms with E-state index in [1.165, 1.54) is 12.8 Å². The first-order chi connectivity index (χ1) is 7.24. The van der Waals surface area contributed by atoms with Crippen LogP contribution in [0.3, 0.4) is 0 Å². The minimum absolute atomic E-state index is 0.104. The molecule has 5 heteroatoms. The number of hydrogen-bond donors (Lipinski definition) is 1. The van der Waals surface area contributed by atoms with Gasteiger partial charge in [0.2, 0.25) is 5.13 Å². The van der Waals surface area contributed by atoms with E-state index in [-0.39, 0.29) is 6.10 Å². The van der Waals surface area contributed by atoms with E-state index in [4.69, 9.17) is 0 Å². The lowest BCUT2D eigenvalue weighted by molar-refractivity contribution is 0.126. The number of hydrogen-bond acceptors (Lipinski definition) is 5. The number of anilines is 1. The first-order valence-corrected chi connectivity index (χ1v) is 6.32. The highest BCUT2D eigenvalue weighted by Gasteiger charge is 2.41. The monoisotopic (exact) mass is 225 g/mol. The Bertz CT molecular complexity index is 353. The summed E-state index contributed by atoms with van der Waals surface area (Å²) < 4.78 is 0. The van der Waals surface area contributed by atoms with Gasteiger partial charge in [0.25, 0.3) is 0 Å². The van der Waals surface area contributed by atoms with Crippen LogP contribution in [0.4, 0.5) is 5.13 Å². The van der Waals surface area contributed by atoms with E-state index >= 15 is 0 Å². The van der Waals surface area contributed by atoms with Crippen molar-refractivity contribution in [2.24, 2.45) is 0 Å². The summed E-state index contributed by atoms with van der Waals surface area (Å²) in [5.74, 6) is 0. The first-order valence-electron chi connectivity index (χ1n) is 5.50. The van der Waals surface area contributed by atoms with Crippen molar-refractivity contribution in [2.75, 3.05) is 4.90 Å². The zero-order chi connectivity index (χ0) is 10.4. The molecule has 2 aliphatic rings. The molecule has 2 fully saturated rings. The number of piperidine rings is 1. The van der Waals surface area contributed by atoms with Crippen LogP contribution in [-0.4, -0.2) is 33.5 Å². The van der Waals surface area contributed by atoms with Crippen LogP contribution in [0.5, 0.6) is 0 Å². The Balaban J connectivity index is 1.88. The molecule has 4 nitrogen and oxygen atoms in total. The van der Waals surface area contributed by atoms with Crippen molar-refractivity contribution < 1.29 is 5.11 Å². The van der Waals surface area contributed by atoms with Gasteiger partial charge in [-0.1, -0.05) is 11.3 Å². The maximum Gasteiger partial charge on any atom is 0.208 e. The number of nitrogens with zero attached hydrogens (tertiary/aromatic N) is 3. The average molecular weight is 225 g/mol. The van der Waals surface area contributed by atoms with Gasteiger partial charge in [0.05, 0.1) is 6.10 Å². The van der Waals surface area contributed by atoms with E-state index in [1.807, 2.05) is 6.92 Å². The van der Waals surface area contributed by atoms with Crippen LogP contribution in [0.2, 0.25) is 0 Å². The highest BCUT2D eigenvalue weighted by molar-refractivity contribution is 7.15. The topological polar surface area (TPSA) is 49.2 Å². The third kappa shape index (κ3) is 1.54. The molecule has 1 aromatic rings. The minimum atomic E-state index is -0.104. The summed E-state index contributed by atoms with van der Waals surface area (Å²) in [4.78, 5) is 2.39. The molecule has 15 heavy (non-hydrogen) atoms. The highest BCUT2D eigenvalue weighted by Crippen LogP contribution is 2.40. The molecule has 2 aliphatic heterocycles. The lowest BCUT2D eigenvalue weighted by Crippen LogP contribution is -2.44. The van der Waals surface area contributed by atoms with Crippen molar-refractivity contribution in [3.63, 3.8) is 0 Å². The van der Waals surface area contributed by atoms with E-state index < -0.39 is 0 Å². The Morgan fingerprint density at radius 3 is 2.47 bits per heavy atom. The van der Waals surface area contributed by atoms with Gasteiger partial charge in [-0.3, -0.25) is 0 Å². The lowest BCUT2D eigenvalue weighted by atomic mass is 10.0. The number of rotatable bonds is 1. The predicted molar refractivity (Wildman–Crippen MR) is 59.2 cm³/mol. The van der Waals surface area contributed by atoms with Crippen molar-refractivity contribution in [2.45, 2.75) is 50.8 Å². The third-order valence-electron chi connectivity index (χ3n) is 3.44. The van der Waals surface area contributed by atoms with Crippen LogP contribution < -0.4 is 4.90 Å². The smallest absolute Gasteiger partial charge is 0.208 e. The highest BCUT2D eigenvalue weighted by atomic mass is 32.1. The maximum atomic E-state index is 9.70. The largest absolute Gasteiger partial charge is 0.393 e. The normalized spacial score (nSPS) is 34.8. The Morgan fingerprint density at radius 1 is 1.27 bits per heavy atom. The third-order valence-corrected chi connectivity index (χ3v) is 4.30. The maximum absolute atomic E-state index is 9.70. The van der Waals surface area contributed by atoms with Gasteiger partial charge in [-0.15, -0.1) is 10.2 Å². The molecule has 0 radical (unpaired) electrons. The fourth-order valence-electron chi connectivity index (χ4n) is 2.85. The van der Waals surface area contributed by atoms with Crippen molar-refractivity contribution in [3.05, 3.63) is 5.01 Å². The second-order valence-corrected chi connectivity index (χ2v) is 5.68. The second-order valence-electron chi connectivity index (χ2n) is 4.52. The molecule has 2 unspecified atom stereocenters. The van der Waals surface area contributed by atoms with Crippen molar-refractivity contribution in [1.29, 1.82) is 0 Å². The molecule has 0 aliphatic carbocycles. The summed E-state index contributed by atoms with van der Waals surface area (Å²) in [7, 11) is 0. The summed E-state index contributed by atoms with van der Waals surface area (Å²) in [6.07, 6.45) is 4.08. The van der Waals surface area contributed by atoms with E-state index in [0.29, 0.717) is 12.1 Å². The number of aryl methyl sites for hydroxylation is 1. The molecule has 0 spiro atoms. The fourth-order valence-corrected chi connectivity index (χ4v) is 3.68. The molecule has 82 valence electrons. The molecule has 0 saturated carbocycles. The van der Waals surface area contributed by atoms with Crippen LogP contribution in [0.1, 0.15) is 30.7 Å². The molecule has 1 N–H and O–H groups in total. The minimum Gasteiger partial charge on any atom is -0.393 e. The Kier molecular flexibility index (Phi) is 2.17. The summed E-state index contributed by atoms with van der Waals surface area (Å²) >= 11 is 1.67. The zero-order valence-corrected chi connectivity index (χ0v) is 9.57. The number of aromatic nitrogens is 2. The number of fused-ring (bicyclic) bond motifs is 2. The zero-order valence-electron chi connectivity index (χ0n) is 8.76. The van der Waals surface area contributed by atoms with E-state index in [2.05, 4.69) is 15.1 Å². The summed E-state index contributed by atoms with van der Waals surface area (Å²) in [5.41, 5.74) is 0. The molecule has 3 heterocycles. The molecule has 0 aromatic carbocycles. The van der Waals surface area contributed by atoms with Gasteiger partial charge in [-0.2, -0.15) is 0 Å². The van der Waals surface area contributed by atoms with Crippen molar-refractivity contribution in [3.8, 4) is 0 Å². The molecule has 3 rings (SSSR count). The molecular formula is C10H15N3OS. The van der Waals surface area contributed by atoms with Crippen molar-refractivity contribution >= 4 is 16.5 Å². The summed E-state index contributed by atoms with van der Waals surface area (Å²) in [6, 6.07) is 0.984. The fraction of sp³-hybridized carbons (Fsp3) is 0.800. The Labute approximate surface area is 92.9 Å². The summed E-state index contributed by atoms with van der Waals surface area (Å²) in [6.45, 7) is 1.99. The number of aliphatic hydroxyl groups excluding tert-OH is 1. The summed E-state index contributed by atoms with van der Waals surface area (Å²) in [5, 5.41) is 20.1. The molecule has 2 saturated heterocycles. The molecule has 0 amide bonds. The van der Waals surface area contributed by atoms with Crippen molar-refractivity contribution in [1.82, 2.24) is 10.2 Å². The van der Waals surface area contributed by atoms with E-state index in [0.717, 1.165) is 23.0 Å². The van der Waals surface area contributed by atoms with E-state index in [1.54, 1.807) is 11.3 Å². The van der Waals surface area contributed by atoms with Gasteiger partial charge >= 0.3 is 0 Å². The standard InChI is InChI=1S/C10H15N3OS/c1-6-11-12-10(15-6)13-7-2-3-8(13)5-9(14)4-7/h7-9,14H,2-5H2,1H3. The predicted octanol–water partition coefficient (Wildman–Crippen LogP) is 1.34. The Hall–Kier alpha value is -0.680. The first kappa shape index (κ1) is 9.54. The van der Waals surface area contributed by atoms with Gasteiger partial charge in [0.15, 0.2) is 0 Å². The second kappa shape index (κ2) is 3.42. The van der Waals surface area contributed by atoms with E-state index in [9.17, 15) is 5.11 Å². The average Bonchev–Trinajstić information content (AvgIpc) is 2.69. The molecular weight excluding hydrogens is 210 g/mol. The molecule has 2 bridgehead atoms. The van der Waals surface area contributed by atoms with Gasteiger partial charge in [0.1, 0.15) is 5.01 Å². The molecule has 1 aromatic heterocycles. The molecule has 2 atom stereocenters. The Morgan fingerprint density at radius 2 is 1.93 bits per heavy atom. The number of aliphatic hydroxyl groups is 1. The quantitative estimate of drug-likeness (QED) is 0.783. The lowest BCUT2D eigenvalue weighted by Gasteiger charge is -2.36. The van der Waals surface area contributed by atoms with Gasteiger partial charge < -0.3 is 10.0 Å². The van der Waals surface area contributed by atoms with Crippen LogP contribution in [0.25, 0.3) is 0 Å². The van der Waals surface area contributed by atoms with Gasteiger partial charge in [-0.25, -0.2) is 0 Å². The van der Waals surface area contributed by atoms with Gasteiger partial charge in [0, 0.05) is 12.1 Å². The SMILES string of the molecule is Cc1nnc(N2C3CCC2CC(O)C3)s1. The van der Waals surface area contributed by atoms with Crippen LogP contribution in [0, 0.1) is 6.92 Å². The van der Waals surface area contributed by atoms with Gasteiger partial charge in [-0.05, 0) is 32.6 Å². The van der Waals surface area contributed by atoms with Crippen LogP contribution >= 0.6 is 11.3 Å².